The van der Waals surface area contributed by atoms with E-state index in [0.717, 1.165) is 37.1 Å². The third kappa shape index (κ3) is 4.48. The quantitative estimate of drug-likeness (QED) is 0.777. The Kier molecular flexibility index (Phi) is 5.20. The van der Waals surface area contributed by atoms with Crippen LogP contribution in [0.15, 0.2) is 18.2 Å². The van der Waals surface area contributed by atoms with Crippen LogP contribution in [0.3, 0.4) is 0 Å². The summed E-state index contributed by atoms with van der Waals surface area (Å²) < 4.78 is 10.4. The Morgan fingerprint density at radius 1 is 1.14 bits per heavy atom. The molecule has 1 aliphatic rings. The molecule has 0 bridgehead atoms. The van der Waals surface area contributed by atoms with Gasteiger partial charge in [-0.05, 0) is 43.9 Å². The average molecular weight is 291 g/mol. The highest BCUT2D eigenvalue weighted by molar-refractivity contribution is 5.81. The zero-order valence-electron chi connectivity index (χ0n) is 12.6. The normalized spacial score (nSPS) is 14.1. The molecule has 1 aliphatic heterocycles. The fourth-order valence-corrected chi connectivity index (χ4v) is 2.24. The summed E-state index contributed by atoms with van der Waals surface area (Å²) in [5.74, 6) is 0.00820. The third-order valence-corrected chi connectivity index (χ3v) is 3.50. The molecule has 0 radical (unpaired) electrons. The third-order valence-electron chi connectivity index (χ3n) is 3.50. The van der Waals surface area contributed by atoms with E-state index in [1.807, 2.05) is 32.0 Å². The zero-order chi connectivity index (χ0) is 15.2. The van der Waals surface area contributed by atoms with Gasteiger partial charge in [-0.2, -0.15) is 0 Å². The highest BCUT2D eigenvalue weighted by Gasteiger charge is 2.19. The first-order valence-corrected chi connectivity index (χ1v) is 7.20. The summed E-state index contributed by atoms with van der Waals surface area (Å²) in [7, 11) is 0. The number of esters is 1. The number of likely N-dealkylation sites (tertiary alicyclic amines) is 1. The highest BCUT2D eigenvalue weighted by Crippen LogP contribution is 2.18. The van der Waals surface area contributed by atoms with Gasteiger partial charge in [0.25, 0.3) is 5.91 Å². The van der Waals surface area contributed by atoms with Gasteiger partial charge >= 0.3 is 5.97 Å². The van der Waals surface area contributed by atoms with Gasteiger partial charge in [0.1, 0.15) is 5.75 Å². The van der Waals surface area contributed by atoms with Gasteiger partial charge in [0.15, 0.2) is 13.2 Å². The predicted molar refractivity (Wildman–Crippen MR) is 78.2 cm³/mol. The lowest BCUT2D eigenvalue weighted by atomic mass is 10.1. The fourth-order valence-electron chi connectivity index (χ4n) is 2.24. The summed E-state index contributed by atoms with van der Waals surface area (Å²) in [6.07, 6.45) is 2.05. The van der Waals surface area contributed by atoms with Crippen molar-refractivity contribution in [1.82, 2.24) is 4.90 Å². The SMILES string of the molecule is Cc1ccc(C)c(OCC(=O)OCC(=O)N2CCCC2)c1. The number of benzene rings is 1. The minimum Gasteiger partial charge on any atom is -0.482 e. The van der Waals surface area contributed by atoms with Crippen molar-refractivity contribution in [3.63, 3.8) is 0 Å². The van der Waals surface area contributed by atoms with E-state index in [0.29, 0.717) is 5.75 Å². The van der Waals surface area contributed by atoms with E-state index >= 15 is 0 Å². The maximum atomic E-state index is 11.7. The lowest BCUT2D eigenvalue weighted by Crippen LogP contribution is -2.32. The second-order valence-corrected chi connectivity index (χ2v) is 5.31. The molecule has 5 nitrogen and oxygen atoms in total. The Balaban J connectivity index is 1.74. The largest absolute Gasteiger partial charge is 0.482 e. The molecule has 0 spiro atoms. The van der Waals surface area contributed by atoms with Gasteiger partial charge in [0.05, 0.1) is 0 Å². The van der Waals surface area contributed by atoms with Crippen LogP contribution in [0.1, 0.15) is 24.0 Å². The molecule has 0 saturated carbocycles. The summed E-state index contributed by atoms with van der Waals surface area (Å²) in [6.45, 7) is 5.01. The molecule has 1 fully saturated rings. The Morgan fingerprint density at radius 2 is 1.86 bits per heavy atom. The van der Waals surface area contributed by atoms with Crippen LogP contribution in [0, 0.1) is 13.8 Å². The van der Waals surface area contributed by atoms with Crippen molar-refractivity contribution in [2.45, 2.75) is 26.7 Å². The summed E-state index contributed by atoms with van der Waals surface area (Å²) >= 11 is 0. The fraction of sp³-hybridized carbons (Fsp3) is 0.500. The Bertz CT molecular complexity index is 521. The van der Waals surface area contributed by atoms with Gasteiger partial charge in [-0.15, -0.1) is 0 Å². The van der Waals surface area contributed by atoms with E-state index in [4.69, 9.17) is 9.47 Å². The number of carbonyl (C=O) groups excluding carboxylic acids is 2. The number of ether oxygens (including phenoxy) is 2. The summed E-state index contributed by atoms with van der Waals surface area (Å²) in [4.78, 5) is 25.1. The molecule has 1 aromatic rings. The first-order chi connectivity index (χ1) is 10.1. The molecule has 5 heteroatoms. The Labute approximate surface area is 124 Å². The maximum Gasteiger partial charge on any atom is 0.344 e. The maximum absolute atomic E-state index is 11.7. The predicted octanol–water partition coefficient (Wildman–Crippen LogP) is 1.85. The van der Waals surface area contributed by atoms with Crippen molar-refractivity contribution in [3.8, 4) is 5.75 Å². The first-order valence-electron chi connectivity index (χ1n) is 7.20. The van der Waals surface area contributed by atoms with E-state index < -0.39 is 5.97 Å². The van der Waals surface area contributed by atoms with Crippen molar-refractivity contribution in [2.75, 3.05) is 26.3 Å². The molecule has 2 rings (SSSR count). The molecule has 0 aromatic heterocycles. The molecule has 1 heterocycles. The van der Waals surface area contributed by atoms with Crippen LogP contribution in [-0.2, 0) is 14.3 Å². The molecular formula is C16H21NO4. The molecule has 0 unspecified atom stereocenters. The van der Waals surface area contributed by atoms with Gasteiger partial charge < -0.3 is 14.4 Å². The van der Waals surface area contributed by atoms with Gasteiger partial charge in [-0.3, -0.25) is 4.79 Å². The second kappa shape index (κ2) is 7.11. The average Bonchev–Trinajstić information content (AvgIpc) is 3.00. The molecule has 114 valence electrons. The van der Waals surface area contributed by atoms with E-state index in [2.05, 4.69) is 0 Å². The van der Waals surface area contributed by atoms with Crippen molar-refractivity contribution in [3.05, 3.63) is 29.3 Å². The van der Waals surface area contributed by atoms with Crippen molar-refractivity contribution >= 4 is 11.9 Å². The number of hydrogen-bond acceptors (Lipinski definition) is 4. The van der Waals surface area contributed by atoms with Gasteiger partial charge in [-0.1, -0.05) is 12.1 Å². The number of hydrogen-bond donors (Lipinski definition) is 0. The van der Waals surface area contributed by atoms with Crippen LogP contribution >= 0.6 is 0 Å². The lowest BCUT2D eigenvalue weighted by molar-refractivity contribution is -0.153. The van der Waals surface area contributed by atoms with Crippen molar-refractivity contribution in [1.29, 1.82) is 0 Å². The number of carbonyl (C=O) groups is 2. The number of amides is 1. The summed E-state index contributed by atoms with van der Waals surface area (Å²) in [5, 5.41) is 0. The smallest absolute Gasteiger partial charge is 0.344 e. The van der Waals surface area contributed by atoms with Gasteiger partial charge in [0, 0.05) is 13.1 Å². The molecule has 0 N–H and O–H groups in total. The van der Waals surface area contributed by atoms with Gasteiger partial charge in [-0.25, -0.2) is 4.79 Å². The first kappa shape index (κ1) is 15.4. The standard InChI is InChI=1S/C16H21NO4/c1-12-5-6-13(2)14(9-12)20-11-16(19)21-10-15(18)17-7-3-4-8-17/h5-6,9H,3-4,7-8,10-11H2,1-2H3. The minimum atomic E-state index is -0.525. The molecule has 1 amide bonds. The summed E-state index contributed by atoms with van der Waals surface area (Å²) in [6, 6.07) is 5.79. The van der Waals surface area contributed by atoms with E-state index in [9.17, 15) is 9.59 Å². The van der Waals surface area contributed by atoms with Crippen LogP contribution in [0.4, 0.5) is 0 Å². The Hall–Kier alpha value is -2.04. The zero-order valence-corrected chi connectivity index (χ0v) is 12.6. The van der Waals surface area contributed by atoms with E-state index in [1.54, 1.807) is 4.90 Å². The van der Waals surface area contributed by atoms with E-state index in [1.165, 1.54) is 0 Å². The van der Waals surface area contributed by atoms with Crippen LogP contribution in [0.2, 0.25) is 0 Å². The number of rotatable bonds is 5. The van der Waals surface area contributed by atoms with Gasteiger partial charge in [0.2, 0.25) is 0 Å². The van der Waals surface area contributed by atoms with Crippen LogP contribution in [0.25, 0.3) is 0 Å². The van der Waals surface area contributed by atoms with Crippen LogP contribution in [-0.4, -0.2) is 43.1 Å². The van der Waals surface area contributed by atoms with Crippen LogP contribution < -0.4 is 4.74 Å². The molecule has 0 aliphatic carbocycles. The molecule has 0 atom stereocenters. The second-order valence-electron chi connectivity index (χ2n) is 5.31. The molecule has 1 aromatic carbocycles. The number of nitrogens with zero attached hydrogens (tertiary/aromatic N) is 1. The van der Waals surface area contributed by atoms with Crippen molar-refractivity contribution < 1.29 is 19.1 Å². The highest BCUT2D eigenvalue weighted by atomic mass is 16.6. The number of aryl methyl sites for hydroxylation is 2. The minimum absolute atomic E-state index is 0.132. The molecule has 1 saturated heterocycles. The Morgan fingerprint density at radius 3 is 2.57 bits per heavy atom. The summed E-state index contributed by atoms with van der Waals surface area (Å²) in [5.41, 5.74) is 2.02. The molecule has 21 heavy (non-hydrogen) atoms. The topological polar surface area (TPSA) is 55.8 Å². The lowest BCUT2D eigenvalue weighted by Gasteiger charge is -2.15. The van der Waals surface area contributed by atoms with E-state index in [-0.39, 0.29) is 19.1 Å². The van der Waals surface area contributed by atoms with Crippen molar-refractivity contribution in [2.24, 2.45) is 0 Å². The van der Waals surface area contributed by atoms with Crippen LogP contribution in [0.5, 0.6) is 5.75 Å². The molecular weight excluding hydrogens is 270 g/mol. The monoisotopic (exact) mass is 291 g/mol.